The molecule has 182 valence electrons. The number of nitrogens with zero attached hydrogens (tertiary/aromatic N) is 2. The monoisotopic (exact) mass is 489 g/mol. The second-order valence-corrected chi connectivity index (χ2v) is 12.4. The molecule has 1 N–H and O–H groups in total. The summed E-state index contributed by atoms with van der Waals surface area (Å²) in [6.07, 6.45) is 11.5. The van der Waals surface area contributed by atoms with E-state index < -0.39 is 0 Å². The number of aromatic nitrogens is 2. The minimum atomic E-state index is -0.150. The molecule has 5 aliphatic rings. The van der Waals surface area contributed by atoms with Crippen LogP contribution in [0.25, 0.3) is 4.96 Å². The summed E-state index contributed by atoms with van der Waals surface area (Å²) in [5, 5.41) is 3.20. The van der Waals surface area contributed by atoms with Crippen LogP contribution >= 0.6 is 11.3 Å². The highest BCUT2D eigenvalue weighted by atomic mass is 32.1. The summed E-state index contributed by atoms with van der Waals surface area (Å²) in [6.45, 7) is 0.243. The van der Waals surface area contributed by atoms with Crippen LogP contribution in [-0.4, -0.2) is 15.3 Å². The smallest absolute Gasteiger partial charge is 0.259 e. The fourth-order valence-corrected chi connectivity index (χ4v) is 8.89. The Kier molecular flexibility index (Phi) is 5.05. The van der Waals surface area contributed by atoms with E-state index >= 15 is 0 Å². The van der Waals surface area contributed by atoms with Crippen molar-refractivity contribution in [1.82, 2.24) is 9.38 Å². The van der Waals surface area contributed by atoms with E-state index in [4.69, 9.17) is 9.72 Å². The number of amides is 1. The van der Waals surface area contributed by atoms with E-state index in [2.05, 4.69) is 5.32 Å². The average molecular weight is 490 g/mol. The summed E-state index contributed by atoms with van der Waals surface area (Å²) in [6, 6.07) is 9.17. The number of hydrogen-bond donors (Lipinski definition) is 1. The number of aryl methyl sites for hydroxylation is 2. The molecule has 1 amide bonds. The zero-order chi connectivity index (χ0) is 23.6. The number of ether oxygens (including phenoxy) is 1. The predicted octanol–water partition coefficient (Wildman–Crippen LogP) is 5.37. The van der Waals surface area contributed by atoms with Gasteiger partial charge >= 0.3 is 0 Å². The van der Waals surface area contributed by atoms with E-state index in [0.717, 1.165) is 72.6 Å². The molecule has 3 aromatic rings. The molecule has 35 heavy (non-hydrogen) atoms. The first-order valence-corrected chi connectivity index (χ1v) is 13.9. The first kappa shape index (κ1) is 21.6. The summed E-state index contributed by atoms with van der Waals surface area (Å²) in [5.41, 5.74) is 2.44. The average Bonchev–Trinajstić information content (AvgIpc) is 3.22. The third-order valence-electron chi connectivity index (χ3n) is 8.83. The van der Waals surface area contributed by atoms with E-state index in [1.807, 2.05) is 24.3 Å². The summed E-state index contributed by atoms with van der Waals surface area (Å²) < 4.78 is 7.72. The van der Waals surface area contributed by atoms with Gasteiger partial charge in [-0.1, -0.05) is 0 Å². The highest BCUT2D eigenvalue weighted by Gasteiger charge is 2.54. The lowest BCUT2D eigenvalue weighted by Gasteiger charge is -2.55. The number of nitrogens with one attached hydrogen (secondary N) is 1. The fourth-order valence-electron chi connectivity index (χ4n) is 7.66. The molecule has 1 aromatic carbocycles. The van der Waals surface area contributed by atoms with Gasteiger partial charge in [-0.3, -0.25) is 14.0 Å². The van der Waals surface area contributed by atoms with Crippen molar-refractivity contribution in [2.75, 3.05) is 5.32 Å². The summed E-state index contributed by atoms with van der Waals surface area (Å²) in [4.78, 5) is 32.8. The van der Waals surface area contributed by atoms with Gasteiger partial charge in [0.25, 0.3) is 5.56 Å². The van der Waals surface area contributed by atoms with E-state index in [-0.39, 0.29) is 23.5 Å². The Morgan fingerprint density at radius 3 is 2.46 bits per heavy atom. The fraction of sp³-hybridized carbons (Fsp3) is 0.536. The summed E-state index contributed by atoms with van der Waals surface area (Å²) in [7, 11) is 0. The number of fused-ring (bicyclic) bond motifs is 3. The predicted molar refractivity (Wildman–Crippen MR) is 136 cm³/mol. The van der Waals surface area contributed by atoms with Crippen LogP contribution in [0.1, 0.15) is 67.6 Å². The molecular formula is C28H31N3O3S. The molecular weight excluding hydrogens is 458 g/mol. The molecule has 0 atom stereocenters. The number of thiazole rings is 1. The van der Waals surface area contributed by atoms with Gasteiger partial charge in [0.05, 0.1) is 11.1 Å². The van der Waals surface area contributed by atoms with Gasteiger partial charge in [-0.2, -0.15) is 0 Å². The molecule has 0 spiro atoms. The van der Waals surface area contributed by atoms with Crippen LogP contribution in [0, 0.1) is 23.2 Å². The Labute approximate surface area is 208 Å². The number of benzene rings is 1. The van der Waals surface area contributed by atoms with Crippen molar-refractivity contribution >= 4 is 27.9 Å². The van der Waals surface area contributed by atoms with Crippen molar-refractivity contribution in [3.05, 3.63) is 57.0 Å². The number of hydrogen-bond acceptors (Lipinski definition) is 5. The first-order valence-electron chi connectivity index (χ1n) is 13.1. The van der Waals surface area contributed by atoms with Crippen LogP contribution in [0.2, 0.25) is 0 Å². The molecule has 2 aromatic heterocycles. The van der Waals surface area contributed by atoms with E-state index in [1.54, 1.807) is 21.8 Å². The third kappa shape index (κ3) is 3.79. The molecule has 4 bridgehead atoms. The maximum Gasteiger partial charge on any atom is 0.259 e. The normalized spacial score (nSPS) is 28.7. The van der Waals surface area contributed by atoms with Crippen LogP contribution in [0.15, 0.2) is 35.1 Å². The van der Waals surface area contributed by atoms with Crippen LogP contribution in [0.5, 0.6) is 5.75 Å². The Hall–Kier alpha value is -2.67. The Morgan fingerprint density at radius 2 is 1.74 bits per heavy atom. The lowest BCUT2D eigenvalue weighted by atomic mass is 9.49. The van der Waals surface area contributed by atoms with Crippen molar-refractivity contribution in [3.8, 4) is 5.75 Å². The molecule has 0 saturated heterocycles. The molecule has 5 aliphatic carbocycles. The van der Waals surface area contributed by atoms with Gasteiger partial charge in [-0.25, -0.2) is 4.98 Å². The zero-order valence-corrected chi connectivity index (χ0v) is 20.7. The molecule has 7 heteroatoms. The largest absolute Gasteiger partial charge is 0.487 e. The van der Waals surface area contributed by atoms with E-state index in [0.29, 0.717) is 11.4 Å². The highest BCUT2D eigenvalue weighted by molar-refractivity contribution is 7.17. The molecule has 2 heterocycles. The van der Waals surface area contributed by atoms with Crippen molar-refractivity contribution in [3.63, 3.8) is 0 Å². The minimum Gasteiger partial charge on any atom is -0.487 e. The molecule has 4 fully saturated rings. The number of anilines is 1. The van der Waals surface area contributed by atoms with Crippen LogP contribution < -0.4 is 15.6 Å². The van der Waals surface area contributed by atoms with Gasteiger partial charge < -0.3 is 10.1 Å². The van der Waals surface area contributed by atoms with Crippen LogP contribution in [-0.2, 0) is 24.2 Å². The highest BCUT2D eigenvalue weighted by Crippen LogP contribution is 2.60. The van der Waals surface area contributed by atoms with Crippen LogP contribution in [0.4, 0.5) is 5.69 Å². The molecule has 4 saturated carbocycles. The lowest BCUT2D eigenvalue weighted by molar-refractivity contribution is -0.140. The third-order valence-corrected chi connectivity index (χ3v) is 9.98. The van der Waals surface area contributed by atoms with Crippen molar-refractivity contribution < 1.29 is 9.53 Å². The van der Waals surface area contributed by atoms with E-state index in [1.165, 1.54) is 30.6 Å². The Balaban J connectivity index is 1.02. The molecule has 0 radical (unpaired) electrons. The van der Waals surface area contributed by atoms with Gasteiger partial charge in [0.1, 0.15) is 12.4 Å². The van der Waals surface area contributed by atoms with Gasteiger partial charge in [0, 0.05) is 22.3 Å². The molecule has 8 rings (SSSR count). The van der Waals surface area contributed by atoms with Gasteiger partial charge in [-0.15, -0.1) is 11.3 Å². The Bertz CT molecular complexity index is 1320. The van der Waals surface area contributed by atoms with Gasteiger partial charge in [0.15, 0.2) is 4.96 Å². The van der Waals surface area contributed by atoms with Crippen molar-refractivity contribution in [1.29, 1.82) is 0 Å². The Morgan fingerprint density at radius 1 is 1.06 bits per heavy atom. The molecule has 0 aliphatic heterocycles. The zero-order valence-electron chi connectivity index (χ0n) is 19.9. The number of carbonyl (C=O) groups is 1. The van der Waals surface area contributed by atoms with Crippen LogP contribution in [0.3, 0.4) is 0 Å². The number of carbonyl (C=O) groups excluding carboxylic acids is 1. The second kappa shape index (κ2) is 8.19. The molecule has 6 nitrogen and oxygen atoms in total. The van der Waals surface area contributed by atoms with Gasteiger partial charge in [0.2, 0.25) is 5.91 Å². The first-order chi connectivity index (χ1) is 17.0. The lowest BCUT2D eigenvalue weighted by Crippen LogP contribution is -2.51. The maximum atomic E-state index is 13.3. The maximum absolute atomic E-state index is 13.3. The quantitative estimate of drug-likeness (QED) is 0.523. The summed E-state index contributed by atoms with van der Waals surface area (Å²) in [5.74, 6) is 3.17. The van der Waals surface area contributed by atoms with Crippen molar-refractivity contribution in [2.24, 2.45) is 23.2 Å². The van der Waals surface area contributed by atoms with Crippen molar-refractivity contribution in [2.45, 2.75) is 70.8 Å². The van der Waals surface area contributed by atoms with Gasteiger partial charge in [-0.05, 0) is 106 Å². The van der Waals surface area contributed by atoms with E-state index in [9.17, 15) is 9.59 Å². The molecule has 0 unspecified atom stereocenters. The summed E-state index contributed by atoms with van der Waals surface area (Å²) >= 11 is 1.63. The minimum absolute atomic E-state index is 0.0178. The number of rotatable bonds is 5. The second-order valence-electron chi connectivity index (χ2n) is 11.3. The standard InChI is InChI=1S/C28H31N3O3S/c32-25-12-21(30-27-31(25)23-3-1-2-4-24(23)35-27)16-34-22-7-5-20(6-8-22)29-26(33)28-13-17-9-18(14-28)11-19(10-17)15-28/h5-8,12,17-19H,1-4,9-11,13-16H2,(H,29,33). The topological polar surface area (TPSA) is 72.7 Å². The SMILES string of the molecule is O=C(Nc1ccc(OCc2cc(=O)n3c4c(sc3n2)CCCC4)cc1)C12CC3CC(CC(C3)C1)C2.